The summed E-state index contributed by atoms with van der Waals surface area (Å²) in [6.45, 7) is 0. The fraction of sp³-hybridized carbons (Fsp3) is 0.150. The van der Waals surface area contributed by atoms with E-state index in [1.165, 1.54) is 30.9 Å². The number of carbonyl (C=O) groups is 2. The monoisotopic (exact) mass is 451 g/mol. The van der Waals surface area contributed by atoms with E-state index in [2.05, 4.69) is 15.6 Å². The second-order valence-electron chi connectivity index (χ2n) is 5.98. The highest BCUT2D eigenvalue weighted by molar-refractivity contribution is 8.01. The lowest BCUT2D eigenvalue weighted by Crippen LogP contribution is -2.19. The second kappa shape index (κ2) is 9.31. The van der Waals surface area contributed by atoms with Gasteiger partial charge >= 0.3 is 6.18 Å². The van der Waals surface area contributed by atoms with Gasteiger partial charge in [-0.05, 0) is 12.1 Å². The Bertz CT molecular complexity index is 1050. The second-order valence-corrected chi connectivity index (χ2v) is 8.20. The molecule has 0 atom stereocenters. The summed E-state index contributed by atoms with van der Waals surface area (Å²) in [5.74, 6) is -0.949. The molecule has 3 aromatic rings. The Balaban J connectivity index is 1.94. The van der Waals surface area contributed by atoms with Crippen LogP contribution in [0.15, 0.2) is 58.9 Å². The van der Waals surface area contributed by atoms with Crippen molar-refractivity contribution in [3.05, 3.63) is 65.7 Å². The predicted molar refractivity (Wildman–Crippen MR) is 112 cm³/mol. The molecular weight excluding hydrogens is 435 g/mol. The van der Waals surface area contributed by atoms with Crippen molar-refractivity contribution in [3.63, 3.8) is 0 Å². The molecule has 1 aromatic heterocycles. The summed E-state index contributed by atoms with van der Waals surface area (Å²) in [7, 11) is 1.52. The molecule has 0 bridgehead atoms. The summed E-state index contributed by atoms with van der Waals surface area (Å²) in [5.41, 5.74) is -0.364. The third-order valence-electron chi connectivity index (χ3n) is 3.96. The maximum atomic E-state index is 13.3. The highest BCUT2D eigenvalue weighted by Crippen LogP contribution is 2.38. The molecule has 3 rings (SSSR count). The number of hydrogen-bond donors (Lipinski definition) is 2. The summed E-state index contributed by atoms with van der Waals surface area (Å²) in [6.07, 6.45) is -4.65. The zero-order chi connectivity index (χ0) is 21.7. The third kappa shape index (κ3) is 5.19. The van der Waals surface area contributed by atoms with Crippen LogP contribution in [0.1, 0.15) is 15.9 Å². The minimum absolute atomic E-state index is 0.128. The van der Waals surface area contributed by atoms with Crippen LogP contribution in [0.25, 0.3) is 11.3 Å². The summed E-state index contributed by atoms with van der Waals surface area (Å²) >= 11 is 2.28. The molecule has 0 radical (unpaired) electrons. The van der Waals surface area contributed by atoms with Crippen molar-refractivity contribution in [1.29, 1.82) is 0 Å². The zero-order valence-electron chi connectivity index (χ0n) is 15.6. The van der Waals surface area contributed by atoms with E-state index >= 15 is 0 Å². The van der Waals surface area contributed by atoms with Gasteiger partial charge in [0.15, 0.2) is 4.34 Å². The molecule has 10 heteroatoms. The van der Waals surface area contributed by atoms with Crippen molar-refractivity contribution < 1.29 is 22.8 Å². The van der Waals surface area contributed by atoms with Crippen molar-refractivity contribution in [2.24, 2.45) is 0 Å². The van der Waals surface area contributed by atoms with Crippen LogP contribution in [-0.4, -0.2) is 29.6 Å². The van der Waals surface area contributed by atoms with E-state index in [1.54, 1.807) is 24.3 Å². The van der Waals surface area contributed by atoms with Gasteiger partial charge in [0.2, 0.25) is 5.91 Å². The lowest BCUT2D eigenvalue weighted by Gasteiger charge is -2.12. The topological polar surface area (TPSA) is 71.1 Å². The molecule has 2 N–H and O–H groups in total. The highest BCUT2D eigenvalue weighted by Gasteiger charge is 2.35. The van der Waals surface area contributed by atoms with Crippen molar-refractivity contribution >= 4 is 39.9 Å². The molecule has 0 unspecified atom stereocenters. The van der Waals surface area contributed by atoms with Gasteiger partial charge in [-0.2, -0.15) is 13.2 Å². The van der Waals surface area contributed by atoms with E-state index in [0.717, 1.165) is 23.5 Å². The molecule has 156 valence electrons. The van der Waals surface area contributed by atoms with Crippen LogP contribution >= 0.6 is 23.1 Å². The van der Waals surface area contributed by atoms with Gasteiger partial charge in [0.25, 0.3) is 5.91 Å². The first kappa shape index (κ1) is 21.8. The number of anilines is 1. The summed E-state index contributed by atoms with van der Waals surface area (Å²) < 4.78 is 40.3. The summed E-state index contributed by atoms with van der Waals surface area (Å²) in [6, 6.07) is 13.5. The number of carbonyl (C=O) groups excluding carboxylic acids is 2. The third-order valence-corrected chi connectivity index (χ3v) is 6.08. The molecule has 30 heavy (non-hydrogen) atoms. The van der Waals surface area contributed by atoms with Gasteiger partial charge in [0.1, 0.15) is 10.7 Å². The van der Waals surface area contributed by atoms with Crippen LogP contribution < -0.4 is 10.6 Å². The number of aromatic nitrogens is 1. The highest BCUT2D eigenvalue weighted by atomic mass is 32.2. The number of thioether (sulfide) groups is 1. The molecule has 1 heterocycles. The number of thiazole rings is 1. The zero-order valence-corrected chi connectivity index (χ0v) is 17.3. The Morgan fingerprint density at radius 1 is 1.07 bits per heavy atom. The number of nitrogens with one attached hydrogen (secondary N) is 2. The molecule has 2 amide bonds. The average Bonchev–Trinajstić information content (AvgIpc) is 3.14. The first-order valence-corrected chi connectivity index (χ1v) is 10.5. The van der Waals surface area contributed by atoms with Gasteiger partial charge in [-0.25, -0.2) is 4.98 Å². The minimum atomic E-state index is -4.65. The molecule has 0 aliphatic heterocycles. The van der Waals surface area contributed by atoms with Gasteiger partial charge in [0, 0.05) is 12.6 Å². The van der Waals surface area contributed by atoms with Crippen molar-refractivity contribution in [2.75, 3.05) is 18.1 Å². The lowest BCUT2D eigenvalue weighted by atomic mass is 10.1. The van der Waals surface area contributed by atoms with Crippen LogP contribution in [0, 0.1) is 0 Å². The molecule has 0 spiro atoms. The van der Waals surface area contributed by atoms with Gasteiger partial charge in [0.05, 0.1) is 16.9 Å². The first-order chi connectivity index (χ1) is 14.3. The standard InChI is InChI=1S/C20H16F3N3O2S2/c1-24-15(27)11-29-19-25-16(12-7-3-2-4-8-12)18(30-19)26-17(28)13-9-5-6-10-14(13)20(21,22)23/h2-10H,11H2,1H3,(H,24,27)(H,26,28). The van der Waals surface area contributed by atoms with Crippen LogP contribution in [0.3, 0.4) is 0 Å². The number of nitrogens with zero attached hydrogens (tertiary/aromatic N) is 1. The van der Waals surface area contributed by atoms with Crippen LogP contribution in [0.4, 0.5) is 18.2 Å². The Kier molecular flexibility index (Phi) is 6.78. The Hall–Kier alpha value is -2.85. The predicted octanol–water partition coefficient (Wildman–Crippen LogP) is 4.92. The Morgan fingerprint density at radius 3 is 2.40 bits per heavy atom. The quantitative estimate of drug-likeness (QED) is 0.522. The van der Waals surface area contributed by atoms with E-state index in [4.69, 9.17) is 0 Å². The number of benzene rings is 2. The van der Waals surface area contributed by atoms with Crippen molar-refractivity contribution in [2.45, 2.75) is 10.5 Å². The molecular formula is C20H16F3N3O2S2. The fourth-order valence-corrected chi connectivity index (χ4v) is 4.47. The van der Waals surface area contributed by atoms with Crippen LogP contribution in [0.2, 0.25) is 0 Å². The van der Waals surface area contributed by atoms with E-state index < -0.39 is 23.2 Å². The van der Waals surface area contributed by atoms with E-state index in [-0.39, 0.29) is 11.7 Å². The van der Waals surface area contributed by atoms with Crippen molar-refractivity contribution in [1.82, 2.24) is 10.3 Å². The van der Waals surface area contributed by atoms with E-state index in [0.29, 0.717) is 20.6 Å². The average molecular weight is 451 g/mol. The van der Waals surface area contributed by atoms with Gasteiger partial charge < -0.3 is 10.6 Å². The van der Waals surface area contributed by atoms with Crippen LogP contribution in [-0.2, 0) is 11.0 Å². The van der Waals surface area contributed by atoms with Gasteiger partial charge in [-0.3, -0.25) is 9.59 Å². The fourth-order valence-electron chi connectivity index (χ4n) is 2.54. The SMILES string of the molecule is CNC(=O)CSc1nc(-c2ccccc2)c(NC(=O)c2ccccc2C(F)(F)F)s1. The number of hydrogen-bond acceptors (Lipinski definition) is 5. The Morgan fingerprint density at radius 2 is 1.73 bits per heavy atom. The minimum Gasteiger partial charge on any atom is -0.358 e. The number of alkyl halides is 3. The largest absolute Gasteiger partial charge is 0.417 e. The van der Waals surface area contributed by atoms with Crippen LogP contribution in [0.5, 0.6) is 0 Å². The molecule has 0 saturated carbocycles. The lowest BCUT2D eigenvalue weighted by molar-refractivity contribution is -0.137. The molecule has 0 aliphatic rings. The molecule has 0 fully saturated rings. The van der Waals surface area contributed by atoms with Gasteiger partial charge in [-0.1, -0.05) is 65.6 Å². The number of rotatable bonds is 6. The summed E-state index contributed by atoms with van der Waals surface area (Å²) in [5, 5.41) is 5.37. The van der Waals surface area contributed by atoms with E-state index in [9.17, 15) is 22.8 Å². The van der Waals surface area contributed by atoms with E-state index in [1.807, 2.05) is 6.07 Å². The molecule has 0 aliphatic carbocycles. The summed E-state index contributed by atoms with van der Waals surface area (Å²) in [4.78, 5) is 28.7. The number of halogens is 3. The van der Waals surface area contributed by atoms with Crippen molar-refractivity contribution in [3.8, 4) is 11.3 Å². The number of amides is 2. The van der Waals surface area contributed by atoms with Gasteiger partial charge in [-0.15, -0.1) is 0 Å². The smallest absolute Gasteiger partial charge is 0.358 e. The maximum absolute atomic E-state index is 13.3. The molecule has 5 nitrogen and oxygen atoms in total. The molecule has 2 aromatic carbocycles. The molecule has 0 saturated heterocycles. The maximum Gasteiger partial charge on any atom is 0.417 e. The normalized spacial score (nSPS) is 11.2. The Labute approximate surface area is 178 Å². The first-order valence-electron chi connectivity index (χ1n) is 8.67.